The van der Waals surface area contributed by atoms with Crippen molar-refractivity contribution in [3.8, 4) is 0 Å². The first-order chi connectivity index (χ1) is 15.2. The second-order valence-electron chi connectivity index (χ2n) is 8.84. The third kappa shape index (κ3) is 5.48. The third-order valence-electron chi connectivity index (χ3n) is 6.60. The van der Waals surface area contributed by atoms with Gasteiger partial charge in [0.2, 0.25) is 0 Å². The summed E-state index contributed by atoms with van der Waals surface area (Å²) in [5.41, 5.74) is 1.31. The SMILES string of the molecule is O=C(NCC1CCCCC1)c1c(Cl)ccc2nc(N3CCC[C@H](NCCO)C3)ccc12. The van der Waals surface area contributed by atoms with E-state index in [0.29, 0.717) is 35.6 Å². The molecule has 0 unspecified atom stereocenters. The van der Waals surface area contributed by atoms with Crippen molar-refractivity contribution in [1.82, 2.24) is 15.6 Å². The fraction of sp³-hybridized carbons (Fsp3) is 0.583. The molecule has 168 valence electrons. The van der Waals surface area contributed by atoms with Gasteiger partial charge in [0, 0.05) is 37.6 Å². The van der Waals surface area contributed by atoms with Gasteiger partial charge in [-0.05, 0) is 55.9 Å². The molecule has 2 heterocycles. The Labute approximate surface area is 189 Å². The zero-order valence-corrected chi connectivity index (χ0v) is 18.8. The van der Waals surface area contributed by atoms with Crippen LogP contribution >= 0.6 is 11.6 Å². The van der Waals surface area contributed by atoms with Crippen molar-refractivity contribution in [3.05, 3.63) is 34.9 Å². The Kier molecular flexibility index (Phi) is 7.64. The number of anilines is 1. The van der Waals surface area contributed by atoms with Crippen LogP contribution in [0.2, 0.25) is 5.02 Å². The monoisotopic (exact) mass is 444 g/mol. The summed E-state index contributed by atoms with van der Waals surface area (Å²) < 4.78 is 0. The van der Waals surface area contributed by atoms with E-state index in [1.54, 1.807) is 6.07 Å². The number of piperidine rings is 1. The molecule has 7 heteroatoms. The Morgan fingerprint density at radius 1 is 1.13 bits per heavy atom. The molecule has 1 aromatic carbocycles. The normalized spacial score (nSPS) is 20.2. The van der Waals surface area contributed by atoms with E-state index < -0.39 is 0 Å². The maximum atomic E-state index is 13.0. The Bertz CT molecular complexity index is 901. The van der Waals surface area contributed by atoms with E-state index >= 15 is 0 Å². The number of carbonyl (C=O) groups is 1. The molecule has 3 N–H and O–H groups in total. The Balaban J connectivity index is 1.50. The predicted molar refractivity (Wildman–Crippen MR) is 126 cm³/mol. The standard InChI is InChI=1S/C24H33ClN4O2/c25-20-9-10-21-19(23(20)24(31)27-15-17-5-2-1-3-6-17)8-11-22(28-21)29-13-4-7-18(16-29)26-12-14-30/h8-11,17-18,26,30H,1-7,12-16H2,(H,27,31)/t18-/m0/s1. The van der Waals surface area contributed by atoms with E-state index in [1.807, 2.05) is 18.2 Å². The highest BCUT2D eigenvalue weighted by atomic mass is 35.5. The number of nitrogens with one attached hydrogen (secondary N) is 2. The van der Waals surface area contributed by atoms with Crippen molar-refractivity contribution in [2.45, 2.75) is 51.0 Å². The molecule has 4 rings (SSSR count). The molecule has 1 saturated heterocycles. The summed E-state index contributed by atoms with van der Waals surface area (Å²) in [6, 6.07) is 7.99. The predicted octanol–water partition coefficient (Wildman–Crippen LogP) is 3.75. The topological polar surface area (TPSA) is 77.5 Å². The zero-order chi connectivity index (χ0) is 21.6. The lowest BCUT2D eigenvalue weighted by Crippen LogP contribution is -2.46. The number of benzene rings is 1. The lowest BCUT2D eigenvalue weighted by Gasteiger charge is -2.34. The van der Waals surface area contributed by atoms with Crippen LogP contribution in [0.3, 0.4) is 0 Å². The minimum atomic E-state index is -0.109. The number of rotatable bonds is 7. The summed E-state index contributed by atoms with van der Waals surface area (Å²) in [6.45, 7) is 3.30. The molecular formula is C24H33ClN4O2. The molecule has 31 heavy (non-hydrogen) atoms. The number of amides is 1. The van der Waals surface area contributed by atoms with Crippen LogP contribution in [0.1, 0.15) is 55.3 Å². The van der Waals surface area contributed by atoms with E-state index in [0.717, 1.165) is 42.7 Å². The Morgan fingerprint density at radius 3 is 2.77 bits per heavy atom. The third-order valence-corrected chi connectivity index (χ3v) is 6.91. The first-order valence-electron chi connectivity index (χ1n) is 11.6. The summed E-state index contributed by atoms with van der Waals surface area (Å²) in [5, 5.41) is 16.8. The minimum absolute atomic E-state index is 0.109. The van der Waals surface area contributed by atoms with Gasteiger partial charge in [0.15, 0.2) is 0 Å². The largest absolute Gasteiger partial charge is 0.395 e. The first-order valence-corrected chi connectivity index (χ1v) is 12.0. The molecule has 0 radical (unpaired) electrons. The molecule has 1 saturated carbocycles. The number of hydrogen-bond acceptors (Lipinski definition) is 5. The van der Waals surface area contributed by atoms with Crippen LogP contribution in [0.5, 0.6) is 0 Å². The van der Waals surface area contributed by atoms with Crippen molar-refractivity contribution < 1.29 is 9.90 Å². The molecule has 2 aromatic rings. The summed E-state index contributed by atoms with van der Waals surface area (Å²) in [7, 11) is 0. The number of halogens is 1. The summed E-state index contributed by atoms with van der Waals surface area (Å²) in [4.78, 5) is 20.1. The molecule has 0 spiro atoms. The van der Waals surface area contributed by atoms with Crippen LogP contribution in [0, 0.1) is 5.92 Å². The highest BCUT2D eigenvalue weighted by Crippen LogP contribution is 2.29. The maximum Gasteiger partial charge on any atom is 0.253 e. The molecule has 2 aliphatic rings. The molecule has 1 atom stereocenters. The first kappa shape index (κ1) is 22.3. The van der Waals surface area contributed by atoms with Crippen molar-refractivity contribution in [2.24, 2.45) is 5.92 Å². The molecule has 1 aliphatic heterocycles. The zero-order valence-electron chi connectivity index (χ0n) is 18.1. The number of nitrogens with zero attached hydrogens (tertiary/aromatic N) is 2. The second kappa shape index (κ2) is 10.6. The number of carbonyl (C=O) groups excluding carboxylic acids is 1. The van der Waals surface area contributed by atoms with E-state index in [2.05, 4.69) is 15.5 Å². The van der Waals surface area contributed by atoms with Gasteiger partial charge < -0.3 is 20.6 Å². The number of hydrogen-bond donors (Lipinski definition) is 3. The fourth-order valence-corrected chi connectivity index (χ4v) is 5.16. The summed E-state index contributed by atoms with van der Waals surface area (Å²) in [5.74, 6) is 1.38. The highest BCUT2D eigenvalue weighted by Gasteiger charge is 2.22. The van der Waals surface area contributed by atoms with E-state index in [9.17, 15) is 4.79 Å². The van der Waals surface area contributed by atoms with Gasteiger partial charge in [0.1, 0.15) is 5.82 Å². The number of pyridine rings is 1. The average Bonchev–Trinajstić information content (AvgIpc) is 2.81. The smallest absolute Gasteiger partial charge is 0.253 e. The lowest BCUT2D eigenvalue weighted by molar-refractivity contribution is 0.0945. The Hall–Kier alpha value is -1.89. The lowest BCUT2D eigenvalue weighted by atomic mass is 9.89. The van der Waals surface area contributed by atoms with Crippen molar-refractivity contribution in [2.75, 3.05) is 37.7 Å². The van der Waals surface area contributed by atoms with Gasteiger partial charge in [-0.3, -0.25) is 4.79 Å². The van der Waals surface area contributed by atoms with Gasteiger partial charge in [0.25, 0.3) is 5.91 Å². The quantitative estimate of drug-likeness (QED) is 0.606. The van der Waals surface area contributed by atoms with Crippen LogP contribution in [-0.4, -0.2) is 54.8 Å². The molecule has 1 amide bonds. The van der Waals surface area contributed by atoms with Crippen LogP contribution in [-0.2, 0) is 0 Å². The summed E-state index contributed by atoms with van der Waals surface area (Å²) in [6.07, 6.45) is 8.40. The van der Waals surface area contributed by atoms with Crippen molar-refractivity contribution in [3.63, 3.8) is 0 Å². The van der Waals surface area contributed by atoms with Crippen molar-refractivity contribution in [1.29, 1.82) is 0 Å². The number of aromatic nitrogens is 1. The average molecular weight is 445 g/mol. The van der Waals surface area contributed by atoms with E-state index in [-0.39, 0.29) is 12.5 Å². The van der Waals surface area contributed by atoms with Gasteiger partial charge in [-0.2, -0.15) is 0 Å². The van der Waals surface area contributed by atoms with Gasteiger partial charge in [-0.15, -0.1) is 0 Å². The number of fused-ring (bicyclic) bond motifs is 1. The maximum absolute atomic E-state index is 13.0. The molecule has 0 bridgehead atoms. The van der Waals surface area contributed by atoms with Gasteiger partial charge in [-0.25, -0.2) is 4.98 Å². The Morgan fingerprint density at radius 2 is 1.97 bits per heavy atom. The van der Waals surface area contributed by atoms with Gasteiger partial charge in [-0.1, -0.05) is 30.9 Å². The molecular weight excluding hydrogens is 412 g/mol. The van der Waals surface area contributed by atoms with Crippen LogP contribution < -0.4 is 15.5 Å². The summed E-state index contributed by atoms with van der Waals surface area (Å²) >= 11 is 6.45. The number of aliphatic hydroxyl groups excluding tert-OH is 1. The molecule has 1 aliphatic carbocycles. The molecule has 1 aromatic heterocycles. The fourth-order valence-electron chi connectivity index (χ4n) is 4.91. The minimum Gasteiger partial charge on any atom is -0.395 e. The van der Waals surface area contributed by atoms with Crippen molar-refractivity contribution >= 4 is 34.2 Å². The number of aliphatic hydroxyl groups is 1. The van der Waals surface area contributed by atoms with E-state index in [1.165, 1.54) is 32.1 Å². The van der Waals surface area contributed by atoms with Gasteiger partial charge in [0.05, 0.1) is 22.7 Å². The van der Waals surface area contributed by atoms with Crippen LogP contribution in [0.25, 0.3) is 10.9 Å². The molecule has 6 nitrogen and oxygen atoms in total. The molecule has 2 fully saturated rings. The second-order valence-corrected chi connectivity index (χ2v) is 9.24. The van der Waals surface area contributed by atoms with Crippen LogP contribution in [0.15, 0.2) is 24.3 Å². The van der Waals surface area contributed by atoms with Crippen LogP contribution in [0.4, 0.5) is 5.82 Å². The highest BCUT2D eigenvalue weighted by molar-refractivity contribution is 6.35. The van der Waals surface area contributed by atoms with E-state index in [4.69, 9.17) is 21.7 Å². The van der Waals surface area contributed by atoms with Gasteiger partial charge >= 0.3 is 0 Å².